The van der Waals surface area contributed by atoms with Gasteiger partial charge in [-0.2, -0.15) is 0 Å². The number of benzene rings is 1. The van der Waals surface area contributed by atoms with Crippen LogP contribution in [0.25, 0.3) is 5.65 Å². The smallest absolute Gasteiger partial charge is 0.255 e. The number of fused-ring (bicyclic) bond motifs is 2. The molecule has 5 rings (SSSR count). The minimum atomic E-state index is -0.598. The van der Waals surface area contributed by atoms with Crippen LogP contribution in [0, 0.1) is 17.7 Å². The molecule has 6 nitrogen and oxygen atoms in total. The minimum absolute atomic E-state index is 0.000456. The second kappa shape index (κ2) is 7.15. The van der Waals surface area contributed by atoms with Gasteiger partial charge in [-0.25, -0.2) is 9.37 Å². The zero-order valence-corrected chi connectivity index (χ0v) is 15.8. The predicted octanol–water partition coefficient (Wildman–Crippen LogP) is 2.76. The first-order chi connectivity index (χ1) is 14.1. The van der Waals surface area contributed by atoms with Crippen LogP contribution in [0.15, 0.2) is 55.0 Å². The number of halogens is 1. The lowest BCUT2D eigenvalue weighted by molar-refractivity contribution is -0.0231. The van der Waals surface area contributed by atoms with Gasteiger partial charge in [0.15, 0.2) is 0 Å². The highest BCUT2D eigenvalue weighted by molar-refractivity contribution is 5.94. The Balaban J connectivity index is 1.27. The van der Waals surface area contributed by atoms with E-state index in [9.17, 15) is 14.3 Å². The van der Waals surface area contributed by atoms with Crippen LogP contribution in [0.3, 0.4) is 0 Å². The average molecular weight is 395 g/mol. The van der Waals surface area contributed by atoms with E-state index >= 15 is 0 Å². The Morgan fingerprint density at radius 2 is 1.86 bits per heavy atom. The zero-order chi connectivity index (χ0) is 20.0. The summed E-state index contributed by atoms with van der Waals surface area (Å²) >= 11 is 0. The molecular weight excluding hydrogens is 373 g/mol. The summed E-state index contributed by atoms with van der Waals surface area (Å²) in [6, 6.07) is 9.49. The lowest BCUT2D eigenvalue weighted by Crippen LogP contribution is -2.42. The van der Waals surface area contributed by atoms with Gasteiger partial charge in [0.25, 0.3) is 5.91 Å². The van der Waals surface area contributed by atoms with Crippen molar-refractivity contribution in [3.05, 3.63) is 66.4 Å². The number of pyridine rings is 1. The average Bonchev–Trinajstić information content (AvgIpc) is 3.35. The van der Waals surface area contributed by atoms with E-state index in [1.807, 2.05) is 33.8 Å². The molecule has 2 aliphatic rings. The molecule has 2 aromatic heterocycles. The third kappa shape index (κ3) is 3.46. The normalized spacial score (nSPS) is 26.5. The van der Waals surface area contributed by atoms with E-state index in [-0.39, 0.29) is 29.7 Å². The van der Waals surface area contributed by atoms with E-state index in [4.69, 9.17) is 4.74 Å². The minimum Gasteiger partial charge on any atom is -0.488 e. The van der Waals surface area contributed by atoms with Crippen molar-refractivity contribution >= 4 is 11.6 Å². The molecule has 3 heterocycles. The number of amides is 1. The second-order valence-corrected chi connectivity index (χ2v) is 7.99. The summed E-state index contributed by atoms with van der Waals surface area (Å²) in [5, 5.41) is 10.6. The lowest BCUT2D eigenvalue weighted by atomic mass is 9.78. The number of carbonyl (C=O) groups excluding carboxylic acids is 1. The molecule has 7 heteroatoms. The Hall–Kier alpha value is -2.93. The molecule has 1 aliphatic heterocycles. The predicted molar refractivity (Wildman–Crippen MR) is 104 cm³/mol. The zero-order valence-electron chi connectivity index (χ0n) is 15.8. The molecule has 150 valence electrons. The van der Waals surface area contributed by atoms with Gasteiger partial charge < -0.3 is 19.1 Å². The fourth-order valence-electron chi connectivity index (χ4n) is 4.60. The van der Waals surface area contributed by atoms with Crippen LogP contribution >= 0.6 is 0 Å². The van der Waals surface area contributed by atoms with E-state index in [0.29, 0.717) is 37.2 Å². The molecule has 0 bridgehead atoms. The van der Waals surface area contributed by atoms with Gasteiger partial charge in [-0.15, -0.1) is 0 Å². The highest BCUT2D eigenvalue weighted by Gasteiger charge is 2.44. The first-order valence-electron chi connectivity index (χ1n) is 9.89. The number of likely N-dealkylation sites (tertiary alicyclic amines) is 1. The number of aliphatic hydroxyl groups is 1. The number of aliphatic hydroxyl groups excluding tert-OH is 1. The van der Waals surface area contributed by atoms with Crippen LogP contribution in [-0.4, -0.2) is 50.6 Å². The third-order valence-corrected chi connectivity index (χ3v) is 6.11. The first kappa shape index (κ1) is 18.1. The molecule has 2 fully saturated rings. The SMILES string of the molecule is O=C(c1ccc2nccn2c1)N1C[C@H]2C[C@@H](Oc3ccc(F)cc3)[C@H](O)C[C@H]2C1. The summed E-state index contributed by atoms with van der Waals surface area (Å²) < 4.78 is 20.9. The van der Waals surface area contributed by atoms with Gasteiger partial charge in [0.05, 0.1) is 11.7 Å². The third-order valence-electron chi connectivity index (χ3n) is 6.11. The van der Waals surface area contributed by atoms with Gasteiger partial charge in [0.2, 0.25) is 0 Å². The number of carbonyl (C=O) groups is 1. The van der Waals surface area contributed by atoms with E-state index in [0.717, 1.165) is 5.65 Å². The van der Waals surface area contributed by atoms with Crippen LogP contribution in [-0.2, 0) is 0 Å². The Morgan fingerprint density at radius 3 is 2.66 bits per heavy atom. The molecule has 1 aromatic carbocycles. The van der Waals surface area contributed by atoms with Crippen molar-refractivity contribution in [2.45, 2.75) is 25.0 Å². The van der Waals surface area contributed by atoms with Gasteiger partial charge in [-0.05, 0) is 61.1 Å². The first-order valence-corrected chi connectivity index (χ1v) is 9.89. The highest BCUT2D eigenvalue weighted by Crippen LogP contribution is 2.38. The van der Waals surface area contributed by atoms with Crippen molar-refractivity contribution in [2.75, 3.05) is 13.1 Å². The van der Waals surface area contributed by atoms with Gasteiger partial charge in [0.1, 0.15) is 23.3 Å². The molecule has 3 aromatic rings. The molecule has 4 atom stereocenters. The standard InChI is InChI=1S/C22H22FN3O3/c23-17-2-4-18(5-3-17)29-20-10-16-13-26(12-15(16)9-19(20)27)22(28)14-1-6-21-24-7-8-25(21)11-14/h1-8,11,15-16,19-20,27H,9-10,12-13H2/t15-,16+,19+,20+/m0/s1. The van der Waals surface area contributed by atoms with Crippen LogP contribution in [0.2, 0.25) is 0 Å². The van der Waals surface area contributed by atoms with Crippen LogP contribution in [0.1, 0.15) is 23.2 Å². The van der Waals surface area contributed by atoms with Gasteiger partial charge in [0, 0.05) is 31.7 Å². The van der Waals surface area contributed by atoms with Crippen molar-refractivity contribution in [3.63, 3.8) is 0 Å². The summed E-state index contributed by atoms with van der Waals surface area (Å²) in [5.74, 6) is 0.776. The molecule has 29 heavy (non-hydrogen) atoms. The molecule has 1 saturated carbocycles. The molecule has 0 unspecified atom stereocenters. The Kier molecular flexibility index (Phi) is 4.47. The Bertz CT molecular complexity index is 1040. The van der Waals surface area contributed by atoms with E-state index in [1.165, 1.54) is 12.1 Å². The summed E-state index contributed by atoms with van der Waals surface area (Å²) in [6.45, 7) is 1.30. The van der Waals surface area contributed by atoms with Gasteiger partial charge >= 0.3 is 0 Å². The molecule has 0 spiro atoms. The van der Waals surface area contributed by atoms with Crippen molar-refractivity contribution < 1.29 is 19.0 Å². The Morgan fingerprint density at radius 1 is 1.10 bits per heavy atom. The highest BCUT2D eigenvalue weighted by atomic mass is 19.1. The molecule has 1 amide bonds. The number of hydrogen-bond donors (Lipinski definition) is 1. The number of rotatable bonds is 3. The van der Waals surface area contributed by atoms with E-state index in [2.05, 4.69) is 4.98 Å². The van der Waals surface area contributed by atoms with Crippen LogP contribution in [0.4, 0.5) is 4.39 Å². The number of imidazole rings is 1. The molecule has 1 saturated heterocycles. The number of hydrogen-bond acceptors (Lipinski definition) is 4. The summed E-state index contributed by atoms with van der Waals surface area (Å²) in [7, 11) is 0. The molecule has 1 N–H and O–H groups in total. The maximum Gasteiger partial charge on any atom is 0.255 e. The van der Waals surface area contributed by atoms with Gasteiger partial charge in [-0.1, -0.05) is 0 Å². The fourth-order valence-corrected chi connectivity index (χ4v) is 4.60. The maximum atomic E-state index is 13.1. The quantitative estimate of drug-likeness (QED) is 0.741. The molecular formula is C22H22FN3O3. The largest absolute Gasteiger partial charge is 0.488 e. The lowest BCUT2D eigenvalue weighted by Gasteiger charge is -2.35. The summed E-state index contributed by atoms with van der Waals surface area (Å²) in [6.07, 6.45) is 5.66. The molecule has 0 radical (unpaired) electrons. The fraction of sp³-hybridized carbons (Fsp3) is 0.364. The van der Waals surface area contributed by atoms with E-state index < -0.39 is 6.10 Å². The van der Waals surface area contributed by atoms with Gasteiger partial charge in [-0.3, -0.25) is 4.79 Å². The number of nitrogens with zero attached hydrogens (tertiary/aromatic N) is 3. The van der Waals surface area contributed by atoms with Crippen molar-refractivity contribution in [2.24, 2.45) is 11.8 Å². The van der Waals surface area contributed by atoms with Crippen molar-refractivity contribution in [1.29, 1.82) is 0 Å². The molecule has 1 aliphatic carbocycles. The Labute approximate surface area is 167 Å². The maximum absolute atomic E-state index is 13.1. The topological polar surface area (TPSA) is 67.1 Å². The summed E-state index contributed by atoms with van der Waals surface area (Å²) in [5.41, 5.74) is 1.44. The van der Waals surface area contributed by atoms with Crippen LogP contribution in [0.5, 0.6) is 5.75 Å². The number of aromatic nitrogens is 2. The number of ether oxygens (including phenoxy) is 1. The van der Waals surface area contributed by atoms with Crippen molar-refractivity contribution in [1.82, 2.24) is 14.3 Å². The van der Waals surface area contributed by atoms with E-state index in [1.54, 1.807) is 18.3 Å². The van der Waals surface area contributed by atoms with Crippen molar-refractivity contribution in [3.8, 4) is 5.75 Å². The van der Waals surface area contributed by atoms with Crippen LogP contribution < -0.4 is 4.74 Å². The second-order valence-electron chi connectivity index (χ2n) is 7.99. The summed E-state index contributed by atoms with van der Waals surface area (Å²) in [4.78, 5) is 19.1. The monoisotopic (exact) mass is 395 g/mol.